The maximum Gasteiger partial charge on any atom is 0.0125 e. The Balaban J connectivity index is 2.85. The number of rotatable bonds is 5. The number of benzene rings is 1. The lowest BCUT2D eigenvalue weighted by Gasteiger charge is -2.04. The van der Waals surface area contributed by atoms with Crippen LogP contribution in [0.3, 0.4) is 0 Å². The number of hydrogen-bond donors (Lipinski definition) is 1. The van der Waals surface area contributed by atoms with Crippen LogP contribution in [0, 0.1) is 6.92 Å². The van der Waals surface area contributed by atoms with Crippen molar-refractivity contribution in [3.8, 4) is 0 Å². The predicted molar refractivity (Wildman–Crippen MR) is 81.1 cm³/mol. The van der Waals surface area contributed by atoms with Crippen molar-refractivity contribution < 1.29 is 0 Å². The molecule has 0 amide bonds. The minimum Gasteiger partial charge on any atom is -0.402 e. The Morgan fingerprint density at radius 2 is 1.94 bits per heavy atom. The van der Waals surface area contributed by atoms with Crippen molar-refractivity contribution in [2.24, 2.45) is 5.73 Å². The van der Waals surface area contributed by atoms with Crippen LogP contribution in [0.5, 0.6) is 0 Å². The van der Waals surface area contributed by atoms with E-state index in [1.165, 1.54) is 11.1 Å². The SMILES string of the molecule is C=C/C=C\C/C(N)=C/C(=C\C)c1ccc(C)cc1. The Morgan fingerprint density at radius 3 is 2.50 bits per heavy atom. The molecule has 0 aliphatic heterocycles. The standard InChI is InChI=1S/C17H21N/c1-4-6-7-8-17(18)13-15(5-2)16-11-9-14(3)10-12-16/h4-7,9-13H,1,8,18H2,2-3H3/b7-6-,15-5+,17-13-. The van der Waals surface area contributed by atoms with Gasteiger partial charge < -0.3 is 5.73 Å². The van der Waals surface area contributed by atoms with Gasteiger partial charge in [-0.15, -0.1) is 0 Å². The van der Waals surface area contributed by atoms with Crippen molar-refractivity contribution >= 4 is 5.57 Å². The van der Waals surface area contributed by atoms with Crippen LogP contribution in [0.15, 0.2) is 66.9 Å². The lowest BCUT2D eigenvalue weighted by Crippen LogP contribution is -1.96. The van der Waals surface area contributed by atoms with E-state index in [1.54, 1.807) is 6.08 Å². The fourth-order valence-electron chi connectivity index (χ4n) is 1.64. The highest BCUT2D eigenvalue weighted by molar-refractivity contribution is 5.74. The van der Waals surface area contributed by atoms with E-state index in [-0.39, 0.29) is 0 Å². The Morgan fingerprint density at radius 1 is 1.28 bits per heavy atom. The zero-order valence-corrected chi connectivity index (χ0v) is 11.2. The highest BCUT2D eigenvalue weighted by Gasteiger charge is 1.98. The molecule has 1 rings (SSSR count). The van der Waals surface area contributed by atoms with Crippen LogP contribution in [0.1, 0.15) is 24.5 Å². The van der Waals surface area contributed by atoms with Gasteiger partial charge >= 0.3 is 0 Å². The van der Waals surface area contributed by atoms with Crippen LogP contribution in [0.25, 0.3) is 5.57 Å². The number of hydrogen-bond acceptors (Lipinski definition) is 1. The van der Waals surface area contributed by atoms with Crippen LogP contribution < -0.4 is 5.73 Å². The largest absolute Gasteiger partial charge is 0.402 e. The molecular formula is C17H21N. The Kier molecular flexibility index (Phi) is 5.72. The summed E-state index contributed by atoms with van der Waals surface area (Å²) in [5.74, 6) is 0. The van der Waals surface area contributed by atoms with Gasteiger partial charge in [0, 0.05) is 12.1 Å². The minimum atomic E-state index is 0.745. The average molecular weight is 239 g/mol. The van der Waals surface area contributed by atoms with E-state index in [4.69, 9.17) is 5.73 Å². The fourth-order valence-corrected chi connectivity index (χ4v) is 1.64. The molecule has 1 heteroatoms. The molecule has 0 heterocycles. The van der Waals surface area contributed by atoms with Crippen molar-refractivity contribution in [1.29, 1.82) is 0 Å². The molecule has 1 nitrogen and oxygen atoms in total. The first kappa shape index (κ1) is 14.0. The second kappa shape index (κ2) is 7.33. The molecule has 1 aromatic carbocycles. The van der Waals surface area contributed by atoms with Gasteiger partial charge in [0.15, 0.2) is 0 Å². The zero-order chi connectivity index (χ0) is 13.4. The average Bonchev–Trinajstić information content (AvgIpc) is 2.37. The molecule has 0 atom stereocenters. The molecule has 1 aromatic rings. The molecule has 0 saturated heterocycles. The number of nitrogens with two attached hydrogens (primary N) is 1. The van der Waals surface area contributed by atoms with Crippen LogP contribution >= 0.6 is 0 Å². The van der Waals surface area contributed by atoms with E-state index in [0.29, 0.717) is 0 Å². The van der Waals surface area contributed by atoms with Crippen molar-refractivity contribution in [1.82, 2.24) is 0 Å². The summed E-state index contributed by atoms with van der Waals surface area (Å²) in [6.45, 7) is 7.75. The summed E-state index contributed by atoms with van der Waals surface area (Å²) in [5, 5.41) is 0. The molecule has 94 valence electrons. The molecule has 0 spiro atoms. The maximum absolute atomic E-state index is 5.99. The van der Waals surface area contributed by atoms with Crippen molar-refractivity contribution in [3.63, 3.8) is 0 Å². The minimum absolute atomic E-state index is 0.745. The van der Waals surface area contributed by atoms with Crippen molar-refractivity contribution in [3.05, 3.63) is 78.0 Å². The molecule has 2 N–H and O–H groups in total. The van der Waals surface area contributed by atoms with E-state index in [0.717, 1.165) is 17.7 Å². The van der Waals surface area contributed by atoms with E-state index in [1.807, 2.05) is 25.2 Å². The highest BCUT2D eigenvalue weighted by atomic mass is 14.6. The van der Waals surface area contributed by atoms with Gasteiger partial charge in [0.2, 0.25) is 0 Å². The summed E-state index contributed by atoms with van der Waals surface area (Å²) < 4.78 is 0. The first-order valence-electron chi connectivity index (χ1n) is 6.14. The quantitative estimate of drug-likeness (QED) is 0.758. The van der Waals surface area contributed by atoms with Crippen molar-refractivity contribution in [2.45, 2.75) is 20.3 Å². The molecule has 0 unspecified atom stereocenters. The summed E-state index contributed by atoms with van der Waals surface area (Å²) in [6.07, 6.45) is 10.5. The molecule has 0 radical (unpaired) electrons. The molecule has 0 aliphatic carbocycles. The van der Waals surface area contributed by atoms with Gasteiger partial charge in [0.25, 0.3) is 0 Å². The Hall–Kier alpha value is -2.02. The van der Waals surface area contributed by atoms with Gasteiger partial charge in [-0.1, -0.05) is 60.7 Å². The fraction of sp³-hybridized carbons (Fsp3) is 0.176. The summed E-state index contributed by atoms with van der Waals surface area (Å²) >= 11 is 0. The third kappa shape index (κ3) is 4.46. The van der Waals surface area contributed by atoms with E-state index < -0.39 is 0 Å². The Labute approximate surface area is 110 Å². The topological polar surface area (TPSA) is 26.0 Å². The van der Waals surface area contributed by atoms with Gasteiger partial charge in [-0.3, -0.25) is 0 Å². The molecule has 0 fully saturated rings. The van der Waals surface area contributed by atoms with Gasteiger partial charge in [-0.25, -0.2) is 0 Å². The lowest BCUT2D eigenvalue weighted by atomic mass is 10.0. The zero-order valence-electron chi connectivity index (χ0n) is 11.2. The van der Waals surface area contributed by atoms with Gasteiger partial charge in [-0.05, 0) is 31.1 Å². The molecule has 0 bridgehead atoms. The summed E-state index contributed by atoms with van der Waals surface area (Å²) in [4.78, 5) is 0. The second-order valence-corrected chi connectivity index (χ2v) is 4.20. The summed E-state index contributed by atoms with van der Waals surface area (Å²) in [5.41, 5.74) is 10.5. The monoisotopic (exact) mass is 239 g/mol. The maximum atomic E-state index is 5.99. The first-order valence-corrected chi connectivity index (χ1v) is 6.14. The number of allylic oxidation sites excluding steroid dienone is 6. The van der Waals surface area contributed by atoms with E-state index >= 15 is 0 Å². The predicted octanol–water partition coefficient (Wildman–Crippen LogP) is 4.37. The highest BCUT2D eigenvalue weighted by Crippen LogP contribution is 2.18. The molecule has 0 saturated carbocycles. The molecular weight excluding hydrogens is 218 g/mol. The lowest BCUT2D eigenvalue weighted by molar-refractivity contribution is 1.17. The van der Waals surface area contributed by atoms with Gasteiger partial charge in [0.1, 0.15) is 0 Å². The third-order valence-corrected chi connectivity index (χ3v) is 2.66. The van der Waals surface area contributed by atoms with Crippen molar-refractivity contribution in [2.75, 3.05) is 0 Å². The van der Waals surface area contributed by atoms with Crippen LogP contribution in [0.2, 0.25) is 0 Å². The molecule has 18 heavy (non-hydrogen) atoms. The van der Waals surface area contributed by atoms with Gasteiger partial charge in [-0.2, -0.15) is 0 Å². The first-order chi connectivity index (χ1) is 8.67. The van der Waals surface area contributed by atoms with E-state index in [2.05, 4.69) is 43.8 Å². The number of aryl methyl sites for hydroxylation is 1. The molecule has 0 aromatic heterocycles. The summed E-state index contributed by atoms with van der Waals surface area (Å²) in [6, 6.07) is 8.46. The normalized spacial score (nSPS) is 13.0. The van der Waals surface area contributed by atoms with E-state index in [9.17, 15) is 0 Å². The summed E-state index contributed by atoms with van der Waals surface area (Å²) in [7, 11) is 0. The molecule has 0 aliphatic rings. The van der Waals surface area contributed by atoms with Crippen LogP contribution in [0.4, 0.5) is 0 Å². The van der Waals surface area contributed by atoms with Gasteiger partial charge in [0.05, 0.1) is 0 Å². The Bertz CT molecular complexity index is 473. The second-order valence-electron chi connectivity index (χ2n) is 4.20. The van der Waals surface area contributed by atoms with Crippen LogP contribution in [-0.4, -0.2) is 0 Å². The third-order valence-electron chi connectivity index (χ3n) is 2.66. The smallest absolute Gasteiger partial charge is 0.0125 e. The van der Waals surface area contributed by atoms with Crippen LogP contribution in [-0.2, 0) is 0 Å².